The number of piperidine rings is 1. The van der Waals surface area contributed by atoms with Crippen LogP contribution in [0.5, 0.6) is 11.5 Å². The van der Waals surface area contributed by atoms with Crippen LogP contribution in [-0.2, 0) is 16.6 Å². The van der Waals surface area contributed by atoms with E-state index in [1.807, 2.05) is 7.11 Å². The number of benzene rings is 1. The summed E-state index contributed by atoms with van der Waals surface area (Å²) in [6.07, 6.45) is 11.5. The van der Waals surface area contributed by atoms with Crippen LogP contribution < -0.4 is 9.47 Å². The van der Waals surface area contributed by atoms with Crippen molar-refractivity contribution in [3.63, 3.8) is 0 Å². The highest BCUT2D eigenvalue weighted by Gasteiger charge is 2.82. The molecule has 2 spiro atoms. The van der Waals surface area contributed by atoms with Crippen LogP contribution in [0.1, 0.15) is 104 Å². The second-order valence-corrected chi connectivity index (χ2v) is 15.3. The van der Waals surface area contributed by atoms with Gasteiger partial charge in [0.1, 0.15) is 11.7 Å². The van der Waals surface area contributed by atoms with Crippen LogP contribution in [-0.4, -0.2) is 60.2 Å². The maximum atomic E-state index is 12.4. The number of fused-ring (bicyclic) bond motifs is 2. The normalized spacial score (nSPS) is 39.7. The molecule has 216 valence electrons. The van der Waals surface area contributed by atoms with Gasteiger partial charge in [0.15, 0.2) is 11.5 Å². The monoisotopic (exact) mass is 537 g/mol. The van der Waals surface area contributed by atoms with E-state index in [0.717, 1.165) is 69.1 Å². The van der Waals surface area contributed by atoms with Gasteiger partial charge in [-0.1, -0.05) is 46.6 Å². The van der Waals surface area contributed by atoms with E-state index in [2.05, 4.69) is 51.7 Å². The highest BCUT2D eigenvalue weighted by atomic mass is 16.6. The molecule has 0 amide bonds. The zero-order chi connectivity index (χ0) is 27.4. The van der Waals surface area contributed by atoms with Gasteiger partial charge in [-0.25, -0.2) is 0 Å². The number of ether oxygens (including phenoxy) is 3. The number of aliphatic hydroxyl groups is 1. The summed E-state index contributed by atoms with van der Waals surface area (Å²) in [5, 5.41) is 12.4. The third-order valence-corrected chi connectivity index (χ3v) is 12.8. The fourth-order valence-electron chi connectivity index (χ4n) is 10.2. The Balaban J connectivity index is 1.40. The van der Waals surface area contributed by atoms with Gasteiger partial charge in [-0.3, -0.25) is 4.90 Å². The van der Waals surface area contributed by atoms with Crippen molar-refractivity contribution in [2.24, 2.45) is 22.7 Å². The fraction of sp³-hybridized carbons (Fsp3) is 0.824. The first kappa shape index (κ1) is 26.6. The molecular formula is C34H51NO4. The van der Waals surface area contributed by atoms with Gasteiger partial charge in [0.2, 0.25) is 0 Å². The molecular weight excluding hydrogens is 486 g/mol. The lowest BCUT2D eigenvalue weighted by Gasteiger charge is -2.75. The molecule has 7 aliphatic rings. The molecule has 5 aliphatic carbocycles. The van der Waals surface area contributed by atoms with Crippen molar-refractivity contribution in [3.05, 3.63) is 23.3 Å². The molecule has 1 unspecified atom stereocenters. The highest BCUT2D eigenvalue weighted by molar-refractivity contribution is 5.63. The molecule has 39 heavy (non-hydrogen) atoms. The van der Waals surface area contributed by atoms with Gasteiger partial charge in [-0.05, 0) is 87.8 Å². The molecule has 4 saturated carbocycles. The van der Waals surface area contributed by atoms with Crippen molar-refractivity contribution >= 4 is 0 Å². The lowest BCUT2D eigenvalue weighted by atomic mass is 9.33. The summed E-state index contributed by atoms with van der Waals surface area (Å²) in [6.45, 7) is 14.0. The van der Waals surface area contributed by atoms with Gasteiger partial charge >= 0.3 is 0 Å². The number of rotatable bonds is 9. The minimum atomic E-state index is -0.883. The maximum Gasteiger partial charge on any atom is 0.165 e. The van der Waals surface area contributed by atoms with Gasteiger partial charge < -0.3 is 19.3 Å². The van der Waals surface area contributed by atoms with E-state index in [1.54, 1.807) is 0 Å². The Labute approximate surface area is 236 Å². The van der Waals surface area contributed by atoms with Crippen molar-refractivity contribution in [1.29, 1.82) is 0 Å². The van der Waals surface area contributed by atoms with Crippen LogP contribution in [0.4, 0.5) is 0 Å². The van der Waals surface area contributed by atoms with E-state index < -0.39 is 11.2 Å². The largest absolute Gasteiger partial charge is 0.490 e. The lowest BCUT2D eigenvalue weighted by Crippen LogP contribution is -2.83. The summed E-state index contributed by atoms with van der Waals surface area (Å²) in [5.41, 5.74) is 1.28. The summed E-state index contributed by atoms with van der Waals surface area (Å²) < 4.78 is 20.5. The molecule has 0 aromatic heterocycles. The van der Waals surface area contributed by atoms with Gasteiger partial charge in [0.05, 0.1) is 12.2 Å². The number of nitrogens with zero attached hydrogens (tertiary/aromatic N) is 1. The first-order chi connectivity index (χ1) is 18.6. The third kappa shape index (κ3) is 3.30. The van der Waals surface area contributed by atoms with Crippen LogP contribution in [0.3, 0.4) is 0 Å². The van der Waals surface area contributed by atoms with E-state index in [1.165, 1.54) is 43.4 Å². The van der Waals surface area contributed by atoms with Gasteiger partial charge in [0, 0.05) is 42.0 Å². The van der Waals surface area contributed by atoms with E-state index in [9.17, 15) is 5.11 Å². The predicted octanol–water partition coefficient (Wildman–Crippen LogP) is 6.28. The Morgan fingerprint density at radius 2 is 1.90 bits per heavy atom. The molecule has 1 saturated heterocycles. The topological polar surface area (TPSA) is 51.2 Å². The third-order valence-electron chi connectivity index (χ3n) is 12.8. The Bertz CT molecular complexity index is 1140. The van der Waals surface area contributed by atoms with E-state index >= 15 is 0 Å². The summed E-state index contributed by atoms with van der Waals surface area (Å²) in [4.78, 5) is 2.88. The molecule has 1 aromatic carbocycles. The zero-order valence-corrected chi connectivity index (χ0v) is 25.3. The Morgan fingerprint density at radius 3 is 2.59 bits per heavy atom. The summed E-state index contributed by atoms with van der Waals surface area (Å²) in [7, 11) is 1.89. The molecule has 2 heterocycles. The molecule has 1 aromatic rings. The van der Waals surface area contributed by atoms with Crippen molar-refractivity contribution in [2.45, 2.75) is 128 Å². The molecule has 2 aliphatic heterocycles. The first-order valence-corrected chi connectivity index (χ1v) is 16.0. The standard InChI is InChI=1S/C34H51NO4/c1-7-8-9-18-38-24-13-12-23-19-26-32-14-15-34(37-6,25(20-32)31(5,36)30(2,3)4)29-33(32,27(23)28(24)39-29)16-17-35(26)21-22-10-11-22/h12-13,22,25-26,29,36H,7-11,14-21H2,1-6H3/t25-,26-,29-,31+,32+,33+,34?/m1/s1. The molecule has 7 atom stereocenters. The van der Waals surface area contributed by atoms with Crippen molar-refractivity contribution < 1.29 is 19.3 Å². The molecule has 0 radical (unpaired) electrons. The first-order valence-electron chi connectivity index (χ1n) is 16.0. The molecule has 5 heteroatoms. The van der Waals surface area contributed by atoms with Crippen LogP contribution in [0.2, 0.25) is 0 Å². The maximum absolute atomic E-state index is 12.4. The number of hydrogen-bond acceptors (Lipinski definition) is 5. The smallest absolute Gasteiger partial charge is 0.165 e. The molecule has 4 bridgehead atoms. The average molecular weight is 538 g/mol. The van der Waals surface area contributed by atoms with Crippen LogP contribution in [0.15, 0.2) is 12.1 Å². The molecule has 8 rings (SSSR count). The summed E-state index contributed by atoms with van der Waals surface area (Å²) in [6, 6.07) is 5.06. The summed E-state index contributed by atoms with van der Waals surface area (Å²) >= 11 is 0. The van der Waals surface area contributed by atoms with Gasteiger partial charge in [-0.15, -0.1) is 0 Å². The Morgan fingerprint density at radius 1 is 1.10 bits per heavy atom. The molecule has 5 fully saturated rings. The van der Waals surface area contributed by atoms with Crippen molar-refractivity contribution in [1.82, 2.24) is 4.90 Å². The Hall–Kier alpha value is -1.30. The lowest BCUT2D eigenvalue weighted by molar-refractivity contribution is -0.312. The molecule has 1 N–H and O–H groups in total. The van der Waals surface area contributed by atoms with Crippen LogP contribution >= 0.6 is 0 Å². The van der Waals surface area contributed by atoms with E-state index in [-0.39, 0.29) is 28.3 Å². The average Bonchev–Trinajstić information content (AvgIpc) is 3.64. The van der Waals surface area contributed by atoms with E-state index in [0.29, 0.717) is 6.04 Å². The number of hydrogen-bond donors (Lipinski definition) is 1. The SMILES string of the molecule is CCCCCOc1ccc2c3c1O[C@H]1C4(OC)CC[C@]5(C[C@@H]4[C@](C)(O)C(C)(C)C)[C@@H](C2)N(CC2CC2)CC[C@]315. The number of methoxy groups -OCH3 is 1. The quantitative estimate of drug-likeness (QED) is 0.376. The second kappa shape index (κ2) is 8.61. The number of unbranched alkanes of at least 4 members (excludes halogenated alkanes) is 2. The van der Waals surface area contributed by atoms with E-state index in [4.69, 9.17) is 14.2 Å². The van der Waals surface area contributed by atoms with Gasteiger partial charge in [-0.2, -0.15) is 0 Å². The van der Waals surface area contributed by atoms with Crippen molar-refractivity contribution in [3.8, 4) is 11.5 Å². The van der Waals surface area contributed by atoms with Crippen molar-refractivity contribution in [2.75, 3.05) is 26.8 Å². The highest BCUT2D eigenvalue weighted by Crippen LogP contribution is 2.78. The zero-order valence-electron chi connectivity index (χ0n) is 25.3. The minimum Gasteiger partial charge on any atom is -0.490 e. The van der Waals surface area contributed by atoms with Crippen LogP contribution in [0.25, 0.3) is 0 Å². The predicted molar refractivity (Wildman–Crippen MR) is 154 cm³/mol. The minimum absolute atomic E-state index is 0.00929. The fourth-order valence-corrected chi connectivity index (χ4v) is 10.2. The summed E-state index contributed by atoms with van der Waals surface area (Å²) in [5.74, 6) is 2.81. The van der Waals surface area contributed by atoms with Crippen LogP contribution in [0, 0.1) is 22.7 Å². The molecule has 5 nitrogen and oxygen atoms in total. The van der Waals surface area contributed by atoms with Gasteiger partial charge in [0.25, 0.3) is 0 Å². The second-order valence-electron chi connectivity index (χ2n) is 15.3. The Kier molecular flexibility index (Phi) is 5.87. The number of likely N-dealkylation sites (tertiary alicyclic amines) is 1.